The first-order valence-corrected chi connectivity index (χ1v) is 6.78. The average Bonchev–Trinajstić information content (AvgIpc) is 2.70. The molecule has 0 bridgehead atoms. The van der Waals surface area contributed by atoms with Gasteiger partial charge in [0.1, 0.15) is 0 Å². The van der Waals surface area contributed by atoms with Crippen molar-refractivity contribution in [3.05, 3.63) is 49.9 Å². The van der Waals surface area contributed by atoms with E-state index in [2.05, 4.69) is 10.3 Å². The highest BCUT2D eigenvalue weighted by Gasteiger charge is 2.00. The van der Waals surface area contributed by atoms with Gasteiger partial charge in [-0.3, -0.25) is 0 Å². The molecule has 2 nitrogen and oxygen atoms in total. The molecule has 0 saturated carbocycles. The van der Waals surface area contributed by atoms with Crippen molar-refractivity contribution < 1.29 is 0 Å². The van der Waals surface area contributed by atoms with Gasteiger partial charge in [0.05, 0.1) is 15.1 Å². The van der Waals surface area contributed by atoms with Gasteiger partial charge in [0, 0.05) is 24.2 Å². The minimum atomic E-state index is 0.591. The number of aromatic nitrogens is 1. The first kappa shape index (κ1) is 12.8. The molecule has 0 unspecified atom stereocenters. The van der Waals surface area contributed by atoms with Crippen LogP contribution >= 0.6 is 34.5 Å². The topological polar surface area (TPSA) is 24.9 Å². The highest BCUT2D eigenvalue weighted by molar-refractivity contribution is 7.11. The van der Waals surface area contributed by atoms with Crippen LogP contribution in [0.3, 0.4) is 0 Å². The number of hydrogen-bond acceptors (Lipinski definition) is 3. The minimum Gasteiger partial charge on any atom is -0.308 e. The second-order valence-corrected chi connectivity index (χ2v) is 5.83. The second-order valence-electron chi connectivity index (χ2n) is 3.70. The predicted octanol–water partition coefficient (Wildman–Crippen LogP) is 4.05. The number of nitrogens with one attached hydrogen (secondary N) is 1. The van der Waals surface area contributed by atoms with Crippen molar-refractivity contribution >= 4 is 34.5 Å². The van der Waals surface area contributed by atoms with Gasteiger partial charge in [-0.1, -0.05) is 29.3 Å². The van der Waals surface area contributed by atoms with Crippen molar-refractivity contribution in [3.8, 4) is 0 Å². The molecule has 2 aromatic rings. The van der Waals surface area contributed by atoms with Crippen molar-refractivity contribution in [2.75, 3.05) is 0 Å². The summed E-state index contributed by atoms with van der Waals surface area (Å²) in [7, 11) is 0. The number of nitrogens with zero attached hydrogens (tertiary/aromatic N) is 1. The third kappa shape index (κ3) is 3.68. The number of hydrogen-bond donors (Lipinski definition) is 1. The third-order valence-electron chi connectivity index (χ3n) is 2.28. The Hall–Kier alpha value is -0.610. The van der Waals surface area contributed by atoms with Gasteiger partial charge in [0.15, 0.2) is 0 Å². The van der Waals surface area contributed by atoms with Crippen LogP contribution in [0.15, 0.2) is 24.4 Å². The standard InChI is InChI=1S/C12H12Cl2N2S/c1-8-16-7-10(17-8)6-15-5-9-2-3-11(13)12(14)4-9/h2-4,7,15H,5-6H2,1H3. The smallest absolute Gasteiger partial charge is 0.0897 e. The van der Waals surface area contributed by atoms with Crippen LogP contribution < -0.4 is 5.32 Å². The Morgan fingerprint density at radius 3 is 2.71 bits per heavy atom. The molecule has 0 amide bonds. The highest BCUT2D eigenvalue weighted by atomic mass is 35.5. The molecule has 1 N–H and O–H groups in total. The fraction of sp³-hybridized carbons (Fsp3) is 0.250. The van der Waals surface area contributed by atoms with Gasteiger partial charge in [-0.05, 0) is 24.6 Å². The molecule has 1 aromatic carbocycles. The molecule has 0 aliphatic heterocycles. The minimum absolute atomic E-state index is 0.591. The van der Waals surface area contributed by atoms with E-state index in [1.165, 1.54) is 4.88 Å². The first-order chi connectivity index (χ1) is 8.15. The molecular weight excluding hydrogens is 275 g/mol. The average molecular weight is 287 g/mol. The van der Waals surface area contributed by atoms with Crippen molar-refractivity contribution in [1.29, 1.82) is 0 Å². The second kappa shape index (κ2) is 5.83. The summed E-state index contributed by atoms with van der Waals surface area (Å²) in [5, 5.41) is 5.63. The molecule has 90 valence electrons. The zero-order valence-electron chi connectivity index (χ0n) is 9.34. The lowest BCUT2D eigenvalue weighted by atomic mass is 10.2. The molecule has 2 rings (SSSR count). The Labute approximate surface area is 115 Å². The fourth-order valence-corrected chi connectivity index (χ4v) is 2.55. The Morgan fingerprint density at radius 1 is 1.24 bits per heavy atom. The van der Waals surface area contributed by atoms with E-state index in [0.29, 0.717) is 10.0 Å². The Morgan fingerprint density at radius 2 is 2.06 bits per heavy atom. The molecule has 0 fully saturated rings. The van der Waals surface area contributed by atoms with Crippen molar-refractivity contribution in [2.45, 2.75) is 20.0 Å². The summed E-state index contributed by atoms with van der Waals surface area (Å²) >= 11 is 13.5. The van der Waals surface area contributed by atoms with Gasteiger partial charge in [-0.2, -0.15) is 0 Å². The van der Waals surface area contributed by atoms with Gasteiger partial charge < -0.3 is 5.32 Å². The van der Waals surface area contributed by atoms with Gasteiger partial charge in [0.25, 0.3) is 0 Å². The molecule has 0 atom stereocenters. The molecule has 1 aromatic heterocycles. The van der Waals surface area contributed by atoms with E-state index in [1.54, 1.807) is 11.3 Å². The molecule has 1 heterocycles. The van der Waals surface area contributed by atoms with Gasteiger partial charge >= 0.3 is 0 Å². The van der Waals surface area contributed by atoms with E-state index in [9.17, 15) is 0 Å². The zero-order chi connectivity index (χ0) is 12.3. The SMILES string of the molecule is Cc1ncc(CNCc2ccc(Cl)c(Cl)c2)s1. The van der Waals surface area contributed by atoms with Crippen LogP contribution in [0.1, 0.15) is 15.4 Å². The first-order valence-electron chi connectivity index (χ1n) is 5.21. The monoisotopic (exact) mass is 286 g/mol. The summed E-state index contributed by atoms with van der Waals surface area (Å²) in [6.45, 7) is 3.60. The van der Waals surface area contributed by atoms with Crippen LogP contribution in [0, 0.1) is 6.92 Å². The van der Waals surface area contributed by atoms with Crippen LogP contribution in [0.2, 0.25) is 10.0 Å². The molecule has 0 aliphatic rings. The van der Waals surface area contributed by atoms with Crippen molar-refractivity contribution in [2.24, 2.45) is 0 Å². The number of rotatable bonds is 4. The van der Waals surface area contributed by atoms with Crippen LogP contribution in [-0.4, -0.2) is 4.98 Å². The molecule has 0 spiro atoms. The summed E-state index contributed by atoms with van der Waals surface area (Å²) in [4.78, 5) is 5.45. The Balaban J connectivity index is 1.87. The summed E-state index contributed by atoms with van der Waals surface area (Å²) in [5.74, 6) is 0. The van der Waals surface area contributed by atoms with Crippen LogP contribution in [0.4, 0.5) is 0 Å². The van der Waals surface area contributed by atoms with Gasteiger partial charge in [0.2, 0.25) is 0 Å². The van der Waals surface area contributed by atoms with E-state index in [0.717, 1.165) is 23.7 Å². The number of thiazole rings is 1. The molecule has 0 saturated heterocycles. The van der Waals surface area contributed by atoms with Crippen molar-refractivity contribution in [1.82, 2.24) is 10.3 Å². The lowest BCUT2D eigenvalue weighted by molar-refractivity contribution is 0.700. The maximum Gasteiger partial charge on any atom is 0.0897 e. The van der Waals surface area contributed by atoms with Crippen LogP contribution in [-0.2, 0) is 13.1 Å². The molecule has 0 radical (unpaired) electrons. The van der Waals surface area contributed by atoms with Crippen molar-refractivity contribution in [3.63, 3.8) is 0 Å². The number of benzene rings is 1. The van der Waals surface area contributed by atoms with Gasteiger partial charge in [-0.25, -0.2) is 4.98 Å². The van der Waals surface area contributed by atoms with E-state index >= 15 is 0 Å². The predicted molar refractivity (Wildman–Crippen MR) is 73.9 cm³/mol. The zero-order valence-corrected chi connectivity index (χ0v) is 11.7. The van der Waals surface area contributed by atoms with E-state index in [1.807, 2.05) is 31.3 Å². The molecular formula is C12H12Cl2N2S. The molecule has 0 aliphatic carbocycles. The molecule has 17 heavy (non-hydrogen) atoms. The maximum absolute atomic E-state index is 5.95. The third-order valence-corrected chi connectivity index (χ3v) is 3.93. The Bertz CT molecular complexity index is 511. The number of halogens is 2. The highest BCUT2D eigenvalue weighted by Crippen LogP contribution is 2.22. The number of aryl methyl sites for hydroxylation is 1. The normalized spacial score (nSPS) is 10.8. The van der Waals surface area contributed by atoms with E-state index in [-0.39, 0.29) is 0 Å². The molecule has 5 heteroatoms. The summed E-state index contributed by atoms with van der Waals surface area (Å²) in [6.07, 6.45) is 1.90. The summed E-state index contributed by atoms with van der Waals surface area (Å²) in [5.41, 5.74) is 1.13. The van der Waals surface area contributed by atoms with E-state index < -0.39 is 0 Å². The lowest BCUT2D eigenvalue weighted by Crippen LogP contribution is -2.11. The lowest BCUT2D eigenvalue weighted by Gasteiger charge is -2.04. The van der Waals surface area contributed by atoms with Gasteiger partial charge in [-0.15, -0.1) is 11.3 Å². The van der Waals surface area contributed by atoms with E-state index in [4.69, 9.17) is 23.2 Å². The quantitative estimate of drug-likeness (QED) is 0.917. The maximum atomic E-state index is 5.95. The summed E-state index contributed by atoms with van der Waals surface area (Å²) in [6, 6.07) is 5.67. The van der Waals surface area contributed by atoms with Crippen LogP contribution in [0.25, 0.3) is 0 Å². The summed E-state index contributed by atoms with van der Waals surface area (Å²) < 4.78 is 0. The largest absolute Gasteiger partial charge is 0.308 e. The fourth-order valence-electron chi connectivity index (χ4n) is 1.47. The van der Waals surface area contributed by atoms with Crippen LogP contribution in [0.5, 0.6) is 0 Å². The Kier molecular flexibility index (Phi) is 4.40.